The van der Waals surface area contributed by atoms with Gasteiger partial charge in [-0.05, 0) is 44.3 Å². The van der Waals surface area contributed by atoms with Gasteiger partial charge in [-0.1, -0.05) is 6.07 Å². The van der Waals surface area contributed by atoms with E-state index in [1.165, 1.54) is 18.2 Å². The highest BCUT2D eigenvalue weighted by molar-refractivity contribution is 6.39. The van der Waals surface area contributed by atoms with Gasteiger partial charge in [-0.3, -0.25) is 19.7 Å². The van der Waals surface area contributed by atoms with Crippen molar-refractivity contribution >= 4 is 23.2 Å². The van der Waals surface area contributed by atoms with Gasteiger partial charge in [-0.2, -0.15) is 0 Å². The van der Waals surface area contributed by atoms with E-state index in [1.807, 2.05) is 0 Å². The number of nitrogens with zero attached hydrogens (tertiary/aromatic N) is 2. The molecule has 2 N–H and O–H groups in total. The number of hydrogen-bond acceptors (Lipinski definition) is 6. The van der Waals surface area contributed by atoms with Crippen LogP contribution in [0.15, 0.2) is 18.2 Å². The van der Waals surface area contributed by atoms with Gasteiger partial charge in [0.1, 0.15) is 0 Å². The van der Waals surface area contributed by atoms with Gasteiger partial charge in [-0.15, -0.1) is 0 Å². The molecule has 1 aliphatic rings. The number of rotatable bonds is 7. The van der Waals surface area contributed by atoms with Crippen LogP contribution in [0.2, 0.25) is 0 Å². The summed E-state index contributed by atoms with van der Waals surface area (Å²) >= 11 is 0. The van der Waals surface area contributed by atoms with E-state index in [1.54, 1.807) is 14.0 Å². The zero-order valence-corrected chi connectivity index (χ0v) is 15.7. The lowest BCUT2D eigenvalue weighted by Crippen LogP contribution is -2.42. The van der Waals surface area contributed by atoms with Crippen LogP contribution in [0, 0.1) is 23.0 Å². The van der Waals surface area contributed by atoms with Crippen LogP contribution >= 0.6 is 0 Å². The van der Waals surface area contributed by atoms with Crippen LogP contribution in [-0.2, 0) is 14.3 Å². The Morgan fingerprint density at radius 1 is 1.30 bits per heavy atom. The second kappa shape index (κ2) is 9.98. The summed E-state index contributed by atoms with van der Waals surface area (Å²) in [6, 6.07) is 4.13. The number of nitrogens with one attached hydrogen (secondary N) is 2. The Morgan fingerprint density at radius 2 is 2.00 bits per heavy atom. The van der Waals surface area contributed by atoms with Crippen molar-refractivity contribution in [2.24, 2.45) is 5.92 Å². The number of nitro groups is 1. The molecular formula is C18H26N4O5. The summed E-state index contributed by atoms with van der Waals surface area (Å²) in [5.41, 5.74) is 0.762. The van der Waals surface area contributed by atoms with E-state index in [0.29, 0.717) is 24.6 Å². The van der Waals surface area contributed by atoms with E-state index in [2.05, 4.69) is 15.5 Å². The molecule has 2 amide bonds. The first-order valence-electron chi connectivity index (χ1n) is 8.96. The van der Waals surface area contributed by atoms with Crippen LogP contribution < -0.4 is 10.6 Å². The number of methoxy groups -OCH3 is 1. The molecule has 27 heavy (non-hydrogen) atoms. The van der Waals surface area contributed by atoms with E-state index in [-0.39, 0.29) is 11.4 Å². The summed E-state index contributed by atoms with van der Waals surface area (Å²) in [6.07, 6.45) is 1.91. The Kier molecular flexibility index (Phi) is 7.68. The lowest BCUT2D eigenvalue weighted by molar-refractivity contribution is -0.384. The van der Waals surface area contributed by atoms with Crippen molar-refractivity contribution in [1.82, 2.24) is 10.2 Å². The maximum Gasteiger partial charge on any atom is 0.313 e. The number of amides is 2. The van der Waals surface area contributed by atoms with Gasteiger partial charge in [0.05, 0.1) is 17.2 Å². The monoisotopic (exact) mass is 378 g/mol. The maximum absolute atomic E-state index is 12.1. The van der Waals surface area contributed by atoms with Gasteiger partial charge in [0.15, 0.2) is 0 Å². The molecule has 0 spiro atoms. The molecule has 0 aromatic heterocycles. The summed E-state index contributed by atoms with van der Waals surface area (Å²) in [5, 5.41) is 16.0. The summed E-state index contributed by atoms with van der Waals surface area (Å²) in [7, 11) is 1.68. The normalized spacial score (nSPS) is 15.3. The van der Waals surface area contributed by atoms with Crippen molar-refractivity contribution < 1.29 is 19.2 Å². The number of piperidine rings is 1. The molecule has 1 aromatic rings. The number of nitro benzene ring substituents is 1. The van der Waals surface area contributed by atoms with Crippen LogP contribution in [0.25, 0.3) is 0 Å². The minimum atomic E-state index is -0.823. The summed E-state index contributed by atoms with van der Waals surface area (Å²) in [6.45, 7) is 5.65. The van der Waals surface area contributed by atoms with E-state index in [9.17, 15) is 19.7 Å². The van der Waals surface area contributed by atoms with Gasteiger partial charge >= 0.3 is 11.8 Å². The summed E-state index contributed by atoms with van der Waals surface area (Å²) in [5.74, 6) is -1.22. The molecule has 9 nitrogen and oxygen atoms in total. The standard InChI is InChI=1S/C18H26N4O5/c1-13-3-4-15(22(25)26)11-16(13)20-18(24)17(23)19-12-14-5-7-21(8-6-14)9-10-27-2/h3-4,11,14H,5-10,12H2,1-2H3,(H,19,23)(H,20,24). The molecule has 0 bridgehead atoms. The third-order valence-corrected chi connectivity index (χ3v) is 4.76. The molecule has 0 unspecified atom stereocenters. The molecule has 0 saturated carbocycles. The highest BCUT2D eigenvalue weighted by atomic mass is 16.6. The van der Waals surface area contributed by atoms with Gasteiger partial charge < -0.3 is 20.3 Å². The zero-order valence-electron chi connectivity index (χ0n) is 15.7. The number of non-ortho nitro benzene ring substituents is 1. The van der Waals surface area contributed by atoms with E-state index in [4.69, 9.17) is 4.74 Å². The lowest BCUT2D eigenvalue weighted by atomic mass is 9.97. The molecule has 1 aliphatic heterocycles. The number of ether oxygens (including phenoxy) is 1. The van der Waals surface area contributed by atoms with E-state index in [0.717, 1.165) is 32.5 Å². The number of carbonyl (C=O) groups excluding carboxylic acids is 2. The molecule has 0 radical (unpaired) electrons. The van der Waals surface area contributed by atoms with Crippen molar-refractivity contribution in [1.29, 1.82) is 0 Å². The van der Waals surface area contributed by atoms with Crippen LogP contribution in [0.5, 0.6) is 0 Å². The first kappa shape index (κ1) is 20.8. The Labute approximate surface area is 158 Å². The van der Waals surface area contributed by atoms with E-state index < -0.39 is 16.7 Å². The van der Waals surface area contributed by atoms with Crippen LogP contribution in [0.4, 0.5) is 11.4 Å². The first-order valence-corrected chi connectivity index (χ1v) is 8.96. The zero-order chi connectivity index (χ0) is 19.8. The topological polar surface area (TPSA) is 114 Å². The fraction of sp³-hybridized carbons (Fsp3) is 0.556. The van der Waals surface area contributed by atoms with Crippen molar-refractivity contribution in [3.63, 3.8) is 0 Å². The van der Waals surface area contributed by atoms with Gasteiger partial charge in [0, 0.05) is 32.3 Å². The average molecular weight is 378 g/mol. The third-order valence-electron chi connectivity index (χ3n) is 4.76. The molecule has 148 valence electrons. The smallest absolute Gasteiger partial charge is 0.313 e. The molecule has 2 rings (SSSR count). The Bertz CT molecular complexity index is 686. The number of hydrogen-bond donors (Lipinski definition) is 2. The first-order chi connectivity index (χ1) is 12.9. The molecule has 1 heterocycles. The number of aryl methyl sites for hydroxylation is 1. The van der Waals surface area contributed by atoms with Crippen molar-refractivity contribution in [3.05, 3.63) is 33.9 Å². The highest BCUT2D eigenvalue weighted by Gasteiger charge is 2.21. The molecular weight excluding hydrogens is 352 g/mol. The molecule has 1 aromatic carbocycles. The number of anilines is 1. The predicted octanol–water partition coefficient (Wildman–Crippen LogP) is 1.32. The number of likely N-dealkylation sites (tertiary alicyclic amines) is 1. The predicted molar refractivity (Wildman–Crippen MR) is 101 cm³/mol. The number of benzene rings is 1. The second-order valence-electron chi connectivity index (χ2n) is 6.70. The van der Waals surface area contributed by atoms with Crippen LogP contribution in [0.1, 0.15) is 18.4 Å². The molecule has 0 atom stereocenters. The Morgan fingerprint density at radius 3 is 2.63 bits per heavy atom. The fourth-order valence-electron chi connectivity index (χ4n) is 2.99. The lowest BCUT2D eigenvalue weighted by Gasteiger charge is -2.31. The largest absolute Gasteiger partial charge is 0.383 e. The SMILES string of the molecule is COCCN1CCC(CNC(=O)C(=O)Nc2cc([N+](=O)[O-])ccc2C)CC1. The summed E-state index contributed by atoms with van der Waals surface area (Å²) in [4.78, 5) is 36.7. The fourth-order valence-corrected chi connectivity index (χ4v) is 2.99. The van der Waals surface area contributed by atoms with Crippen molar-refractivity contribution in [2.75, 3.05) is 45.2 Å². The minimum absolute atomic E-state index is 0.142. The van der Waals surface area contributed by atoms with Crippen molar-refractivity contribution in [3.8, 4) is 0 Å². The Hall–Kier alpha value is -2.52. The molecule has 1 saturated heterocycles. The maximum atomic E-state index is 12.1. The summed E-state index contributed by atoms with van der Waals surface area (Å²) < 4.78 is 5.07. The average Bonchev–Trinajstić information content (AvgIpc) is 2.66. The highest BCUT2D eigenvalue weighted by Crippen LogP contribution is 2.21. The molecule has 9 heteroatoms. The van der Waals surface area contributed by atoms with Gasteiger partial charge in [0.25, 0.3) is 5.69 Å². The van der Waals surface area contributed by atoms with Gasteiger partial charge in [0.2, 0.25) is 0 Å². The van der Waals surface area contributed by atoms with E-state index >= 15 is 0 Å². The quantitative estimate of drug-likeness (QED) is 0.420. The van der Waals surface area contributed by atoms with Crippen LogP contribution in [-0.4, -0.2) is 61.5 Å². The molecule has 0 aliphatic carbocycles. The van der Waals surface area contributed by atoms with Crippen LogP contribution in [0.3, 0.4) is 0 Å². The third kappa shape index (κ3) is 6.30. The number of carbonyl (C=O) groups is 2. The van der Waals surface area contributed by atoms with Gasteiger partial charge in [-0.25, -0.2) is 0 Å². The van der Waals surface area contributed by atoms with Crippen molar-refractivity contribution in [2.45, 2.75) is 19.8 Å². The second-order valence-corrected chi connectivity index (χ2v) is 6.70. The minimum Gasteiger partial charge on any atom is -0.383 e. The Balaban J connectivity index is 1.79. The molecule has 1 fully saturated rings.